The third-order valence-electron chi connectivity index (χ3n) is 4.90. The zero-order valence-corrected chi connectivity index (χ0v) is 19.7. The van der Waals surface area contributed by atoms with Gasteiger partial charge < -0.3 is 15.4 Å². The predicted molar refractivity (Wildman–Crippen MR) is 127 cm³/mol. The van der Waals surface area contributed by atoms with Crippen molar-refractivity contribution in [1.82, 2.24) is 19.5 Å². The van der Waals surface area contributed by atoms with Crippen molar-refractivity contribution in [3.05, 3.63) is 69.8 Å². The molecule has 0 saturated heterocycles. The summed E-state index contributed by atoms with van der Waals surface area (Å²) in [5, 5.41) is 5.37. The van der Waals surface area contributed by atoms with Gasteiger partial charge in [0.1, 0.15) is 17.5 Å². The van der Waals surface area contributed by atoms with E-state index in [2.05, 4.69) is 9.88 Å². The van der Waals surface area contributed by atoms with E-state index >= 15 is 0 Å². The summed E-state index contributed by atoms with van der Waals surface area (Å²) in [6.07, 6.45) is 1.57. The Bertz CT molecular complexity index is 1270. The summed E-state index contributed by atoms with van der Waals surface area (Å²) in [5.74, 6) is 0.189. The van der Waals surface area contributed by atoms with Gasteiger partial charge in [-0.25, -0.2) is 9.50 Å². The van der Waals surface area contributed by atoms with Gasteiger partial charge >= 0.3 is 0 Å². The first kappa shape index (κ1) is 22.3. The number of amides is 1. The average Bonchev–Trinajstić information content (AvgIpc) is 3.31. The Morgan fingerprint density at radius 1 is 1.28 bits per heavy atom. The first-order valence-electron chi connectivity index (χ1n) is 10.1. The number of imidazole rings is 1. The van der Waals surface area contributed by atoms with Crippen molar-refractivity contribution in [2.45, 2.75) is 26.0 Å². The van der Waals surface area contributed by atoms with E-state index in [9.17, 15) is 4.79 Å². The van der Waals surface area contributed by atoms with Crippen LogP contribution in [0.5, 0.6) is 5.75 Å². The Hall–Kier alpha value is -2.94. The highest BCUT2D eigenvalue weighted by Gasteiger charge is 2.20. The van der Waals surface area contributed by atoms with Crippen molar-refractivity contribution in [2.75, 3.05) is 14.1 Å². The molecular formula is C23H24ClN5O2S. The van der Waals surface area contributed by atoms with Crippen LogP contribution in [0.1, 0.15) is 29.2 Å². The molecule has 0 bridgehead atoms. The van der Waals surface area contributed by atoms with Crippen molar-refractivity contribution in [3.63, 3.8) is 0 Å². The molecule has 0 fully saturated rings. The molecule has 3 aromatic heterocycles. The van der Waals surface area contributed by atoms with Crippen molar-refractivity contribution >= 4 is 34.5 Å². The maximum Gasteiger partial charge on any atom is 0.222 e. The van der Waals surface area contributed by atoms with Crippen LogP contribution in [0.2, 0.25) is 5.02 Å². The first-order chi connectivity index (χ1) is 15.3. The highest BCUT2D eigenvalue weighted by atomic mass is 35.5. The Morgan fingerprint density at radius 2 is 2.06 bits per heavy atom. The predicted octanol–water partition coefficient (Wildman–Crippen LogP) is 4.34. The fraction of sp³-hybridized carbons (Fsp3) is 0.261. The summed E-state index contributed by atoms with van der Waals surface area (Å²) in [6, 6.07) is 13.4. The molecule has 4 rings (SSSR count). The Morgan fingerprint density at radius 3 is 2.78 bits per heavy atom. The molecule has 32 heavy (non-hydrogen) atoms. The number of benzene rings is 1. The first-order valence-corrected chi connectivity index (χ1v) is 11.3. The molecule has 0 aliphatic heterocycles. The maximum absolute atomic E-state index is 11.7. The Kier molecular flexibility index (Phi) is 6.45. The SMILES string of the molecule is C[C@@H](Oc1cc(-c2cnc3ccc(CN(C)C)nn23)sc1CC(N)=O)c1ccccc1Cl. The lowest BCUT2D eigenvalue weighted by atomic mass is 10.1. The minimum absolute atomic E-state index is 0.0886. The van der Waals surface area contributed by atoms with Gasteiger partial charge in [0.2, 0.25) is 5.91 Å². The summed E-state index contributed by atoms with van der Waals surface area (Å²) in [6.45, 7) is 2.64. The van der Waals surface area contributed by atoms with Gasteiger partial charge in [-0.05, 0) is 39.2 Å². The molecular weight excluding hydrogens is 446 g/mol. The van der Waals surface area contributed by atoms with Gasteiger partial charge in [0.25, 0.3) is 0 Å². The summed E-state index contributed by atoms with van der Waals surface area (Å²) >= 11 is 7.79. The quantitative estimate of drug-likeness (QED) is 0.415. The lowest BCUT2D eigenvalue weighted by molar-refractivity contribution is -0.117. The van der Waals surface area contributed by atoms with Crippen LogP contribution in [0.15, 0.2) is 48.7 Å². The van der Waals surface area contributed by atoms with Crippen molar-refractivity contribution in [2.24, 2.45) is 5.73 Å². The van der Waals surface area contributed by atoms with E-state index < -0.39 is 5.91 Å². The van der Waals surface area contributed by atoms with Gasteiger partial charge in [-0.2, -0.15) is 5.10 Å². The van der Waals surface area contributed by atoms with E-state index in [1.54, 1.807) is 6.20 Å². The van der Waals surface area contributed by atoms with E-state index in [1.807, 2.05) is 68.0 Å². The fourth-order valence-corrected chi connectivity index (χ4v) is 4.85. The van der Waals surface area contributed by atoms with Gasteiger partial charge in [0.15, 0.2) is 5.65 Å². The Labute approximate surface area is 195 Å². The van der Waals surface area contributed by atoms with Crippen LogP contribution in [0.4, 0.5) is 0 Å². The molecule has 1 aromatic carbocycles. The monoisotopic (exact) mass is 469 g/mol. The average molecular weight is 470 g/mol. The number of hydrogen-bond donors (Lipinski definition) is 1. The summed E-state index contributed by atoms with van der Waals surface area (Å²) in [4.78, 5) is 19.9. The van der Waals surface area contributed by atoms with Crippen LogP contribution in [0, 0.1) is 0 Å². The number of fused-ring (bicyclic) bond motifs is 1. The molecule has 0 aliphatic carbocycles. The molecule has 166 valence electrons. The van der Waals surface area contributed by atoms with Gasteiger partial charge in [-0.1, -0.05) is 29.8 Å². The Balaban J connectivity index is 1.72. The molecule has 4 aromatic rings. The van der Waals surface area contributed by atoms with E-state index in [-0.39, 0.29) is 12.5 Å². The smallest absolute Gasteiger partial charge is 0.222 e. The van der Waals surface area contributed by atoms with Gasteiger partial charge in [0.05, 0.1) is 28.1 Å². The maximum atomic E-state index is 11.7. The fourth-order valence-electron chi connectivity index (χ4n) is 3.47. The van der Waals surface area contributed by atoms with Gasteiger partial charge in [-0.15, -0.1) is 11.3 Å². The summed E-state index contributed by atoms with van der Waals surface area (Å²) < 4.78 is 8.06. The van der Waals surface area contributed by atoms with Crippen LogP contribution < -0.4 is 10.5 Å². The second-order valence-electron chi connectivity index (χ2n) is 7.80. The third-order valence-corrected chi connectivity index (χ3v) is 6.38. The van der Waals surface area contributed by atoms with Gasteiger partial charge in [-0.3, -0.25) is 4.79 Å². The number of hydrogen-bond acceptors (Lipinski definition) is 6. The number of nitrogens with zero attached hydrogens (tertiary/aromatic N) is 4. The topological polar surface area (TPSA) is 85.8 Å². The number of carbonyl (C=O) groups is 1. The molecule has 2 N–H and O–H groups in total. The molecule has 0 saturated carbocycles. The molecule has 0 aliphatic rings. The minimum atomic E-state index is -0.418. The van der Waals surface area contributed by atoms with Gasteiger partial charge in [0, 0.05) is 23.2 Å². The number of primary amides is 1. The zero-order chi connectivity index (χ0) is 22.8. The van der Waals surface area contributed by atoms with Crippen LogP contribution >= 0.6 is 22.9 Å². The van der Waals surface area contributed by atoms with E-state index in [0.717, 1.165) is 32.4 Å². The molecule has 0 spiro atoms. The number of aromatic nitrogens is 3. The number of carbonyl (C=O) groups excluding carboxylic acids is 1. The minimum Gasteiger partial charge on any atom is -0.485 e. The number of thiophene rings is 1. The van der Waals surface area contributed by atoms with Crippen molar-refractivity contribution < 1.29 is 9.53 Å². The second-order valence-corrected chi connectivity index (χ2v) is 9.34. The molecule has 1 atom stereocenters. The summed E-state index contributed by atoms with van der Waals surface area (Å²) in [5.41, 5.74) is 8.88. The highest BCUT2D eigenvalue weighted by molar-refractivity contribution is 7.15. The van der Waals surface area contributed by atoms with Crippen molar-refractivity contribution in [3.8, 4) is 16.3 Å². The molecule has 9 heteroatoms. The van der Waals surface area contributed by atoms with E-state index in [0.29, 0.717) is 17.3 Å². The molecule has 0 unspecified atom stereocenters. The van der Waals surface area contributed by atoms with Crippen LogP contribution in [0.3, 0.4) is 0 Å². The normalized spacial score (nSPS) is 12.4. The third kappa shape index (κ3) is 4.77. The number of rotatable bonds is 8. The van der Waals surface area contributed by atoms with E-state index in [4.69, 9.17) is 27.2 Å². The van der Waals surface area contributed by atoms with Crippen LogP contribution in [0.25, 0.3) is 16.2 Å². The standard InChI is InChI=1S/C23H24ClN5O2S/c1-14(16-6-4-5-7-17(16)24)31-19-10-20(32-21(19)11-22(25)30)18-12-26-23-9-8-15(13-28(2)3)27-29(18)23/h4-10,12,14H,11,13H2,1-3H3,(H2,25,30)/t14-/m1/s1. The lowest BCUT2D eigenvalue weighted by Crippen LogP contribution is -2.13. The molecule has 0 radical (unpaired) electrons. The van der Waals surface area contributed by atoms with E-state index in [1.165, 1.54) is 11.3 Å². The highest BCUT2D eigenvalue weighted by Crippen LogP contribution is 2.39. The van der Waals surface area contributed by atoms with Crippen molar-refractivity contribution in [1.29, 1.82) is 0 Å². The molecule has 7 nitrogen and oxygen atoms in total. The number of nitrogens with two attached hydrogens (primary N) is 1. The van der Waals surface area contributed by atoms with Crippen LogP contribution in [-0.2, 0) is 17.8 Å². The number of ether oxygens (including phenoxy) is 1. The number of halogens is 1. The summed E-state index contributed by atoms with van der Waals surface area (Å²) in [7, 11) is 4.00. The lowest BCUT2D eigenvalue weighted by Gasteiger charge is -2.16. The van der Waals surface area contributed by atoms with Crippen LogP contribution in [-0.4, -0.2) is 39.5 Å². The molecule has 1 amide bonds. The zero-order valence-electron chi connectivity index (χ0n) is 18.1. The second kappa shape index (κ2) is 9.28. The largest absolute Gasteiger partial charge is 0.485 e. The molecule has 3 heterocycles.